The molecule has 0 aliphatic carbocycles. The first kappa shape index (κ1) is 18.1. The van der Waals surface area contributed by atoms with Crippen LogP contribution in [0, 0.1) is 6.92 Å². The third-order valence-electron chi connectivity index (χ3n) is 4.04. The normalized spacial score (nSPS) is 11.8. The topological polar surface area (TPSA) is 54.0 Å². The van der Waals surface area contributed by atoms with Gasteiger partial charge in [-0.2, -0.15) is 0 Å². The molecule has 4 nitrogen and oxygen atoms in total. The highest BCUT2D eigenvalue weighted by molar-refractivity contribution is 6.31. The summed E-state index contributed by atoms with van der Waals surface area (Å²) in [5, 5.41) is 6.78. The van der Waals surface area contributed by atoms with Crippen LogP contribution >= 0.6 is 11.6 Å². The maximum absolute atomic E-state index is 12.3. The lowest BCUT2D eigenvalue weighted by atomic mass is 10.0. The summed E-state index contributed by atoms with van der Waals surface area (Å²) in [6.07, 6.45) is 1.75. The molecular weight excluding hydrogens is 346 g/mol. The van der Waals surface area contributed by atoms with Gasteiger partial charge >= 0.3 is 0 Å². The van der Waals surface area contributed by atoms with Gasteiger partial charge in [0.1, 0.15) is 0 Å². The standard InChI is InChI=1S/C21H20ClN3O/c1-15-10-11-17(13-18(15)22)25-20(26)14-24-21(16-7-3-2-4-8-16)19-9-5-6-12-23-19/h2-13,21,24H,14H2,1H3,(H,25,26). The molecule has 1 atom stereocenters. The van der Waals surface area contributed by atoms with Gasteiger partial charge in [-0.15, -0.1) is 0 Å². The molecule has 132 valence electrons. The van der Waals surface area contributed by atoms with Crippen LogP contribution in [0.15, 0.2) is 72.9 Å². The molecule has 1 unspecified atom stereocenters. The van der Waals surface area contributed by atoms with Crippen LogP contribution in [-0.4, -0.2) is 17.4 Å². The lowest BCUT2D eigenvalue weighted by Gasteiger charge is -2.18. The average Bonchev–Trinajstić information content (AvgIpc) is 2.67. The SMILES string of the molecule is Cc1ccc(NC(=O)CNC(c2ccccc2)c2ccccn2)cc1Cl. The minimum absolute atomic E-state index is 0.137. The number of anilines is 1. The Hall–Kier alpha value is -2.69. The van der Waals surface area contributed by atoms with E-state index < -0.39 is 0 Å². The molecule has 26 heavy (non-hydrogen) atoms. The summed E-state index contributed by atoms with van der Waals surface area (Å²) in [4.78, 5) is 16.8. The number of pyridine rings is 1. The molecule has 1 heterocycles. The molecule has 0 radical (unpaired) electrons. The van der Waals surface area contributed by atoms with Crippen molar-refractivity contribution in [3.05, 3.63) is 94.8 Å². The van der Waals surface area contributed by atoms with Gasteiger partial charge in [-0.1, -0.05) is 54.1 Å². The molecular formula is C21H20ClN3O. The fourth-order valence-corrected chi connectivity index (χ4v) is 2.84. The maximum Gasteiger partial charge on any atom is 0.238 e. The van der Waals surface area contributed by atoms with E-state index in [1.807, 2.05) is 67.6 Å². The lowest BCUT2D eigenvalue weighted by molar-refractivity contribution is -0.115. The first-order valence-corrected chi connectivity index (χ1v) is 8.76. The second-order valence-electron chi connectivity index (χ2n) is 5.99. The van der Waals surface area contributed by atoms with Gasteiger partial charge in [0.15, 0.2) is 0 Å². The number of rotatable bonds is 6. The van der Waals surface area contributed by atoms with Crippen molar-refractivity contribution in [3.63, 3.8) is 0 Å². The van der Waals surface area contributed by atoms with Crippen molar-refractivity contribution >= 4 is 23.2 Å². The number of halogens is 1. The second kappa shape index (κ2) is 8.61. The van der Waals surface area contributed by atoms with Crippen LogP contribution in [0.25, 0.3) is 0 Å². The van der Waals surface area contributed by atoms with Crippen molar-refractivity contribution < 1.29 is 4.79 Å². The minimum atomic E-state index is -0.162. The predicted octanol–water partition coefficient (Wildman–Crippen LogP) is 4.36. The van der Waals surface area contributed by atoms with E-state index in [0.717, 1.165) is 16.8 Å². The zero-order valence-corrected chi connectivity index (χ0v) is 15.2. The van der Waals surface area contributed by atoms with E-state index in [2.05, 4.69) is 15.6 Å². The Morgan fingerprint density at radius 1 is 1.08 bits per heavy atom. The van der Waals surface area contributed by atoms with Gasteiger partial charge in [0.05, 0.1) is 18.3 Å². The summed E-state index contributed by atoms with van der Waals surface area (Å²) in [6.45, 7) is 2.08. The summed E-state index contributed by atoms with van der Waals surface area (Å²) in [5.41, 5.74) is 3.57. The molecule has 5 heteroatoms. The molecule has 0 fully saturated rings. The molecule has 2 aromatic carbocycles. The van der Waals surface area contributed by atoms with Crippen molar-refractivity contribution in [3.8, 4) is 0 Å². The zero-order chi connectivity index (χ0) is 18.4. The number of hydrogen-bond donors (Lipinski definition) is 2. The molecule has 0 bridgehead atoms. The Labute approximate surface area is 158 Å². The highest BCUT2D eigenvalue weighted by atomic mass is 35.5. The van der Waals surface area contributed by atoms with Gasteiger partial charge in [-0.05, 0) is 42.3 Å². The Balaban J connectivity index is 1.69. The summed E-state index contributed by atoms with van der Waals surface area (Å²) >= 11 is 6.11. The molecule has 0 saturated heterocycles. The molecule has 3 aromatic rings. The van der Waals surface area contributed by atoms with Crippen LogP contribution in [0.5, 0.6) is 0 Å². The Morgan fingerprint density at radius 2 is 1.85 bits per heavy atom. The molecule has 1 amide bonds. The smallest absolute Gasteiger partial charge is 0.238 e. The zero-order valence-electron chi connectivity index (χ0n) is 14.4. The number of nitrogens with one attached hydrogen (secondary N) is 2. The van der Waals surface area contributed by atoms with Gasteiger partial charge < -0.3 is 5.32 Å². The number of carbonyl (C=O) groups is 1. The average molecular weight is 366 g/mol. The molecule has 1 aromatic heterocycles. The van der Waals surface area contributed by atoms with Gasteiger partial charge in [0.2, 0.25) is 5.91 Å². The van der Waals surface area contributed by atoms with Crippen LogP contribution in [0.4, 0.5) is 5.69 Å². The summed E-state index contributed by atoms with van der Waals surface area (Å²) in [6, 6.07) is 21.0. The second-order valence-corrected chi connectivity index (χ2v) is 6.40. The van der Waals surface area contributed by atoms with Crippen molar-refractivity contribution in [2.24, 2.45) is 0 Å². The van der Waals surface area contributed by atoms with Crippen molar-refractivity contribution in [1.29, 1.82) is 0 Å². The van der Waals surface area contributed by atoms with Crippen molar-refractivity contribution in [1.82, 2.24) is 10.3 Å². The van der Waals surface area contributed by atoms with E-state index in [4.69, 9.17) is 11.6 Å². The van der Waals surface area contributed by atoms with E-state index >= 15 is 0 Å². The van der Waals surface area contributed by atoms with Crippen molar-refractivity contribution in [2.45, 2.75) is 13.0 Å². The fraction of sp³-hybridized carbons (Fsp3) is 0.143. The van der Waals surface area contributed by atoms with Gasteiger partial charge in [-0.25, -0.2) is 0 Å². The van der Waals surface area contributed by atoms with Gasteiger partial charge in [0, 0.05) is 16.9 Å². The molecule has 2 N–H and O–H groups in total. The van der Waals surface area contributed by atoms with E-state index in [1.165, 1.54) is 0 Å². The lowest BCUT2D eigenvalue weighted by Crippen LogP contribution is -2.32. The molecule has 0 aliphatic heterocycles. The summed E-state index contributed by atoms with van der Waals surface area (Å²) in [5.74, 6) is -0.137. The van der Waals surface area contributed by atoms with E-state index in [-0.39, 0.29) is 18.5 Å². The first-order chi connectivity index (χ1) is 12.6. The van der Waals surface area contributed by atoms with Gasteiger partial charge in [0.25, 0.3) is 0 Å². The number of hydrogen-bond acceptors (Lipinski definition) is 3. The predicted molar refractivity (Wildman–Crippen MR) is 105 cm³/mol. The van der Waals surface area contributed by atoms with Crippen LogP contribution in [0.3, 0.4) is 0 Å². The third kappa shape index (κ3) is 4.69. The van der Waals surface area contributed by atoms with E-state index in [9.17, 15) is 4.79 Å². The van der Waals surface area contributed by atoms with E-state index in [1.54, 1.807) is 12.3 Å². The highest BCUT2D eigenvalue weighted by Crippen LogP contribution is 2.21. The largest absolute Gasteiger partial charge is 0.325 e. The quantitative estimate of drug-likeness (QED) is 0.682. The number of aromatic nitrogens is 1. The maximum atomic E-state index is 12.3. The number of amides is 1. The van der Waals surface area contributed by atoms with Gasteiger partial charge in [-0.3, -0.25) is 15.1 Å². The van der Waals surface area contributed by atoms with Crippen LogP contribution in [-0.2, 0) is 4.79 Å². The molecule has 0 aliphatic rings. The molecule has 0 saturated carbocycles. The fourth-order valence-electron chi connectivity index (χ4n) is 2.66. The number of benzene rings is 2. The highest BCUT2D eigenvalue weighted by Gasteiger charge is 2.16. The minimum Gasteiger partial charge on any atom is -0.325 e. The number of nitrogens with zero attached hydrogens (tertiary/aromatic N) is 1. The molecule has 3 rings (SSSR count). The number of aryl methyl sites for hydroxylation is 1. The van der Waals surface area contributed by atoms with Crippen LogP contribution in [0.1, 0.15) is 22.9 Å². The Morgan fingerprint density at radius 3 is 2.54 bits per heavy atom. The van der Waals surface area contributed by atoms with Crippen LogP contribution in [0.2, 0.25) is 5.02 Å². The monoisotopic (exact) mass is 365 g/mol. The van der Waals surface area contributed by atoms with Crippen LogP contribution < -0.4 is 10.6 Å². The van der Waals surface area contributed by atoms with E-state index in [0.29, 0.717) is 10.7 Å². The van der Waals surface area contributed by atoms with Crippen molar-refractivity contribution in [2.75, 3.05) is 11.9 Å². The molecule has 0 spiro atoms. The third-order valence-corrected chi connectivity index (χ3v) is 4.45. The Kier molecular flexibility index (Phi) is 6.00. The summed E-state index contributed by atoms with van der Waals surface area (Å²) in [7, 11) is 0. The number of carbonyl (C=O) groups excluding carboxylic acids is 1. The summed E-state index contributed by atoms with van der Waals surface area (Å²) < 4.78 is 0. The first-order valence-electron chi connectivity index (χ1n) is 8.39. The Bertz CT molecular complexity index is 829.